The molecule has 0 unspecified atom stereocenters. The van der Waals surface area contributed by atoms with Gasteiger partial charge in [-0.15, -0.1) is 0 Å². The van der Waals surface area contributed by atoms with Crippen LogP contribution in [0.4, 0.5) is 5.69 Å². The quantitative estimate of drug-likeness (QED) is 0.154. The highest BCUT2D eigenvalue weighted by Crippen LogP contribution is 2.26. The van der Waals surface area contributed by atoms with Gasteiger partial charge in [-0.3, -0.25) is 13.9 Å². The first-order valence-corrected chi connectivity index (χ1v) is 17.5. The zero-order chi connectivity index (χ0) is 31.7. The fourth-order valence-corrected chi connectivity index (χ4v) is 6.68. The summed E-state index contributed by atoms with van der Waals surface area (Å²) in [6.45, 7) is 4.08. The number of benzene rings is 4. The largest absolute Gasteiger partial charge is 0.354 e. The standard InChI is InChI=1S/C34H35BrIN3O4S/c1-25(2)22-37-34(41)32(21-26-9-5-3-6-10-26)38(23-27-13-15-28(35)16-14-27)33(40)24-39(30-19-17-29(36)18-20-30)44(42,43)31-11-7-4-8-12-31/h3-20,25,32H,21-24H2,1-2H3,(H,37,41)/t32-/m0/s1. The maximum Gasteiger partial charge on any atom is 0.264 e. The van der Waals surface area contributed by atoms with E-state index in [1.165, 1.54) is 17.0 Å². The SMILES string of the molecule is CC(C)CNC(=O)[C@H](Cc1ccccc1)N(Cc1ccc(Br)cc1)C(=O)CN(c1ccc(I)cc1)S(=O)(=O)c1ccccc1. The number of rotatable bonds is 13. The van der Waals surface area contributed by atoms with Crippen LogP contribution in [0.5, 0.6) is 0 Å². The van der Waals surface area contributed by atoms with E-state index in [2.05, 4.69) is 43.8 Å². The van der Waals surface area contributed by atoms with Crippen LogP contribution in [0, 0.1) is 9.49 Å². The molecule has 0 aliphatic rings. The van der Waals surface area contributed by atoms with E-state index >= 15 is 0 Å². The summed E-state index contributed by atoms with van der Waals surface area (Å²) in [5, 5.41) is 3.01. The molecule has 1 atom stereocenters. The Bertz CT molecular complexity index is 1640. The Kier molecular flexibility index (Phi) is 12.0. The summed E-state index contributed by atoms with van der Waals surface area (Å²) in [5.41, 5.74) is 2.05. The number of carbonyl (C=O) groups excluding carboxylic acids is 2. The molecule has 0 radical (unpaired) electrons. The van der Waals surface area contributed by atoms with Gasteiger partial charge in [-0.2, -0.15) is 0 Å². The van der Waals surface area contributed by atoms with Gasteiger partial charge < -0.3 is 10.2 Å². The molecular formula is C34H35BrIN3O4S. The first-order chi connectivity index (χ1) is 21.0. The van der Waals surface area contributed by atoms with Crippen LogP contribution >= 0.6 is 38.5 Å². The third-order valence-electron chi connectivity index (χ3n) is 6.95. The van der Waals surface area contributed by atoms with Crippen molar-refractivity contribution in [2.24, 2.45) is 5.92 Å². The third kappa shape index (κ3) is 9.15. The van der Waals surface area contributed by atoms with Crippen LogP contribution in [0.15, 0.2) is 119 Å². The van der Waals surface area contributed by atoms with Crippen LogP contribution in [0.1, 0.15) is 25.0 Å². The van der Waals surface area contributed by atoms with Crippen LogP contribution in [0.25, 0.3) is 0 Å². The summed E-state index contributed by atoms with van der Waals surface area (Å²) in [4.78, 5) is 29.8. The molecule has 0 saturated carbocycles. The van der Waals surface area contributed by atoms with E-state index in [0.29, 0.717) is 12.2 Å². The number of halogens is 2. The van der Waals surface area contributed by atoms with Gasteiger partial charge in [0, 0.05) is 27.6 Å². The lowest BCUT2D eigenvalue weighted by Gasteiger charge is -2.34. The average Bonchev–Trinajstić information content (AvgIpc) is 3.02. The van der Waals surface area contributed by atoms with Crippen molar-refractivity contribution in [3.8, 4) is 0 Å². The normalized spacial score (nSPS) is 12.0. The van der Waals surface area contributed by atoms with Crippen LogP contribution in [0.2, 0.25) is 0 Å². The van der Waals surface area contributed by atoms with Gasteiger partial charge in [-0.05, 0) is 88.2 Å². The molecule has 4 aromatic rings. The lowest BCUT2D eigenvalue weighted by atomic mass is 10.0. The van der Waals surface area contributed by atoms with Crippen molar-refractivity contribution in [3.05, 3.63) is 128 Å². The van der Waals surface area contributed by atoms with E-state index in [9.17, 15) is 18.0 Å². The van der Waals surface area contributed by atoms with Gasteiger partial charge in [-0.1, -0.05) is 90.4 Å². The number of anilines is 1. The molecule has 0 heterocycles. The number of hydrogen-bond acceptors (Lipinski definition) is 4. The summed E-state index contributed by atoms with van der Waals surface area (Å²) in [6, 6.07) is 31.2. The summed E-state index contributed by atoms with van der Waals surface area (Å²) in [6.07, 6.45) is 0.266. The third-order valence-corrected chi connectivity index (χ3v) is 9.98. The minimum absolute atomic E-state index is 0.0707. The first kappa shape index (κ1) is 33.7. The van der Waals surface area contributed by atoms with E-state index < -0.39 is 28.5 Å². The highest BCUT2D eigenvalue weighted by molar-refractivity contribution is 14.1. The lowest BCUT2D eigenvalue weighted by Crippen LogP contribution is -2.53. The molecule has 0 aliphatic heterocycles. The van der Waals surface area contributed by atoms with E-state index in [1.807, 2.05) is 68.4 Å². The van der Waals surface area contributed by atoms with E-state index in [0.717, 1.165) is 23.5 Å². The molecule has 4 rings (SSSR count). The molecule has 0 aliphatic carbocycles. The second-order valence-corrected chi connectivity index (χ2v) is 14.8. The first-order valence-electron chi connectivity index (χ1n) is 14.2. The minimum Gasteiger partial charge on any atom is -0.354 e. The topological polar surface area (TPSA) is 86.8 Å². The van der Waals surface area contributed by atoms with Crippen molar-refractivity contribution in [1.29, 1.82) is 0 Å². The fourth-order valence-electron chi connectivity index (χ4n) is 4.62. The molecule has 2 amide bonds. The summed E-state index contributed by atoms with van der Waals surface area (Å²) < 4.78 is 31.0. The Balaban J connectivity index is 1.78. The molecule has 1 N–H and O–H groups in total. The van der Waals surface area contributed by atoms with Crippen molar-refractivity contribution in [3.63, 3.8) is 0 Å². The zero-order valence-corrected chi connectivity index (χ0v) is 29.1. The van der Waals surface area contributed by atoms with Crippen molar-refractivity contribution < 1.29 is 18.0 Å². The smallest absolute Gasteiger partial charge is 0.264 e. The maximum absolute atomic E-state index is 14.4. The number of amides is 2. The Morgan fingerprint density at radius 1 is 0.818 bits per heavy atom. The number of carbonyl (C=O) groups is 2. The van der Waals surface area contributed by atoms with Gasteiger partial charge in [0.25, 0.3) is 10.0 Å². The Hall–Kier alpha value is -3.22. The van der Waals surface area contributed by atoms with E-state index in [-0.39, 0.29) is 29.7 Å². The molecule has 0 saturated heterocycles. The van der Waals surface area contributed by atoms with Gasteiger partial charge in [0.1, 0.15) is 12.6 Å². The number of nitrogens with one attached hydrogen (secondary N) is 1. The monoisotopic (exact) mass is 787 g/mol. The molecule has 7 nitrogen and oxygen atoms in total. The molecule has 10 heteroatoms. The van der Waals surface area contributed by atoms with Gasteiger partial charge in [0.05, 0.1) is 10.6 Å². The van der Waals surface area contributed by atoms with Gasteiger partial charge in [-0.25, -0.2) is 8.42 Å². The van der Waals surface area contributed by atoms with Crippen LogP contribution in [0.3, 0.4) is 0 Å². The second kappa shape index (κ2) is 15.7. The molecule has 0 aromatic heterocycles. The van der Waals surface area contributed by atoms with Gasteiger partial charge in [0.2, 0.25) is 11.8 Å². The summed E-state index contributed by atoms with van der Waals surface area (Å²) in [5.74, 6) is -0.578. The molecule has 230 valence electrons. The zero-order valence-electron chi connectivity index (χ0n) is 24.6. The number of nitrogens with zero attached hydrogens (tertiary/aromatic N) is 2. The summed E-state index contributed by atoms with van der Waals surface area (Å²) in [7, 11) is -4.12. The van der Waals surface area contributed by atoms with Crippen molar-refractivity contribution >= 4 is 66.0 Å². The maximum atomic E-state index is 14.4. The average molecular weight is 789 g/mol. The fraction of sp³-hybridized carbons (Fsp3) is 0.235. The Labute approximate surface area is 282 Å². The highest BCUT2D eigenvalue weighted by Gasteiger charge is 2.34. The van der Waals surface area contributed by atoms with Crippen molar-refractivity contribution in [2.45, 2.75) is 37.8 Å². The predicted molar refractivity (Wildman–Crippen MR) is 187 cm³/mol. The molecule has 0 fully saturated rings. The van der Waals surface area contributed by atoms with Crippen LogP contribution in [-0.2, 0) is 32.6 Å². The Morgan fingerprint density at radius 3 is 2.00 bits per heavy atom. The number of hydrogen-bond donors (Lipinski definition) is 1. The molecule has 0 bridgehead atoms. The summed E-state index contributed by atoms with van der Waals surface area (Å²) >= 11 is 5.61. The lowest BCUT2D eigenvalue weighted by molar-refractivity contribution is -0.140. The predicted octanol–water partition coefficient (Wildman–Crippen LogP) is 6.66. The van der Waals surface area contributed by atoms with Crippen molar-refractivity contribution in [1.82, 2.24) is 10.2 Å². The van der Waals surface area contributed by atoms with Gasteiger partial charge in [0.15, 0.2) is 0 Å². The van der Waals surface area contributed by atoms with Crippen molar-refractivity contribution in [2.75, 3.05) is 17.4 Å². The van der Waals surface area contributed by atoms with Crippen LogP contribution < -0.4 is 9.62 Å². The highest BCUT2D eigenvalue weighted by atomic mass is 127. The van der Waals surface area contributed by atoms with Gasteiger partial charge >= 0.3 is 0 Å². The molecular weight excluding hydrogens is 753 g/mol. The van der Waals surface area contributed by atoms with E-state index in [4.69, 9.17) is 0 Å². The van der Waals surface area contributed by atoms with E-state index in [1.54, 1.807) is 42.5 Å². The molecule has 44 heavy (non-hydrogen) atoms. The molecule has 0 spiro atoms. The minimum atomic E-state index is -4.12. The number of sulfonamides is 1. The second-order valence-electron chi connectivity index (χ2n) is 10.8. The molecule has 4 aromatic carbocycles. The Morgan fingerprint density at radius 2 is 1.41 bits per heavy atom. The van der Waals surface area contributed by atoms with Crippen LogP contribution in [-0.4, -0.2) is 44.3 Å².